The van der Waals surface area contributed by atoms with Crippen molar-refractivity contribution < 1.29 is 33.7 Å². The molecule has 0 aliphatic carbocycles. The molecule has 156 valence electrons. The zero-order chi connectivity index (χ0) is 21.5. The number of carboxylic acid groups (broad SMARTS) is 1. The van der Waals surface area contributed by atoms with Gasteiger partial charge in [-0.1, -0.05) is 0 Å². The Morgan fingerprint density at radius 2 is 1.57 bits per heavy atom. The number of alkyl carbamates (subject to hydrolysis) is 1. The molecule has 0 saturated carbocycles. The normalized spacial score (nSPS) is 12.8. The number of benzene rings is 1. The summed E-state index contributed by atoms with van der Waals surface area (Å²) in [7, 11) is 0. The molecular formula is C20H29NO7. The fraction of sp³-hybridized carbons (Fsp3) is 0.550. The van der Waals surface area contributed by atoms with Crippen LogP contribution < -0.4 is 10.1 Å². The molecule has 0 bridgehead atoms. The van der Waals surface area contributed by atoms with Crippen molar-refractivity contribution in [1.82, 2.24) is 5.32 Å². The maximum absolute atomic E-state index is 12.9. The second kappa shape index (κ2) is 9.54. The zero-order valence-electron chi connectivity index (χ0n) is 17.2. The van der Waals surface area contributed by atoms with Crippen LogP contribution in [0.25, 0.3) is 0 Å². The zero-order valence-corrected chi connectivity index (χ0v) is 17.2. The Hall–Kier alpha value is -2.61. The van der Waals surface area contributed by atoms with Gasteiger partial charge in [0.05, 0.1) is 12.2 Å². The monoisotopic (exact) mass is 395 g/mol. The molecule has 1 aromatic rings. The summed E-state index contributed by atoms with van der Waals surface area (Å²) in [6, 6.07) is 5.04. The molecule has 0 fully saturated rings. The van der Waals surface area contributed by atoms with Crippen molar-refractivity contribution in [2.24, 2.45) is 0 Å². The van der Waals surface area contributed by atoms with Crippen molar-refractivity contribution in [3.05, 3.63) is 29.8 Å². The minimum atomic E-state index is -1.10. The van der Waals surface area contributed by atoms with E-state index in [1.807, 2.05) is 20.8 Å². The lowest BCUT2D eigenvalue weighted by atomic mass is 10.0. The number of nitrogens with one attached hydrogen (secondary N) is 1. The van der Waals surface area contributed by atoms with E-state index in [4.69, 9.17) is 19.3 Å². The van der Waals surface area contributed by atoms with Crippen LogP contribution in [-0.4, -0.2) is 53.4 Å². The molecule has 0 aliphatic heterocycles. The van der Waals surface area contributed by atoms with Crippen LogP contribution >= 0.6 is 0 Å². The minimum absolute atomic E-state index is 0.0289. The highest BCUT2D eigenvalue weighted by molar-refractivity contribution is 6.01. The fourth-order valence-electron chi connectivity index (χ4n) is 2.03. The van der Waals surface area contributed by atoms with Crippen LogP contribution in [0.4, 0.5) is 4.79 Å². The number of hydrogen-bond donors (Lipinski definition) is 2. The lowest BCUT2D eigenvalue weighted by Gasteiger charge is -2.26. The minimum Gasteiger partial charge on any atom is -0.482 e. The van der Waals surface area contributed by atoms with E-state index in [0.29, 0.717) is 11.3 Å². The van der Waals surface area contributed by atoms with Gasteiger partial charge in [0.2, 0.25) is 0 Å². The summed E-state index contributed by atoms with van der Waals surface area (Å²) in [6.45, 7) is 10.2. The standard InChI is InChI=1S/C20H29NO7/c1-19(2,3)27-11-15(21-18(25)28-20(4,5)6)17(24)13-7-9-14(10-8-13)26-12-16(22)23/h7-10,15H,11-12H2,1-6H3,(H,21,25)(H,22,23). The third-order valence-corrected chi connectivity index (χ3v) is 3.19. The van der Waals surface area contributed by atoms with Gasteiger partial charge in [0.15, 0.2) is 12.4 Å². The lowest BCUT2D eigenvalue weighted by Crippen LogP contribution is -2.47. The number of carbonyl (C=O) groups is 3. The summed E-state index contributed by atoms with van der Waals surface area (Å²) in [5.74, 6) is -1.14. The Balaban J connectivity index is 2.90. The number of Topliss-reactive ketones (excluding diaryl/α,β-unsaturated/α-hetero) is 1. The van der Waals surface area contributed by atoms with Crippen LogP contribution in [-0.2, 0) is 14.3 Å². The van der Waals surface area contributed by atoms with Gasteiger partial charge in [-0.25, -0.2) is 9.59 Å². The van der Waals surface area contributed by atoms with E-state index >= 15 is 0 Å². The van der Waals surface area contributed by atoms with Crippen molar-refractivity contribution in [3.8, 4) is 5.75 Å². The first-order valence-electron chi connectivity index (χ1n) is 8.89. The van der Waals surface area contributed by atoms with E-state index in [0.717, 1.165) is 0 Å². The number of hydrogen-bond acceptors (Lipinski definition) is 6. The van der Waals surface area contributed by atoms with Crippen molar-refractivity contribution in [1.29, 1.82) is 0 Å². The molecule has 2 N–H and O–H groups in total. The second-order valence-corrected chi connectivity index (χ2v) is 8.19. The summed E-state index contributed by atoms with van der Waals surface area (Å²) in [5, 5.41) is 11.2. The third kappa shape index (κ3) is 9.36. The van der Waals surface area contributed by atoms with E-state index in [2.05, 4.69) is 5.32 Å². The van der Waals surface area contributed by atoms with Crippen molar-refractivity contribution in [2.45, 2.75) is 58.8 Å². The summed E-state index contributed by atoms with van der Waals surface area (Å²) < 4.78 is 15.9. The van der Waals surface area contributed by atoms with Gasteiger partial charge < -0.3 is 24.6 Å². The van der Waals surface area contributed by atoms with Gasteiger partial charge in [-0.2, -0.15) is 0 Å². The van der Waals surface area contributed by atoms with E-state index in [-0.39, 0.29) is 12.4 Å². The van der Waals surface area contributed by atoms with Crippen LogP contribution in [0.15, 0.2) is 24.3 Å². The highest BCUT2D eigenvalue weighted by Crippen LogP contribution is 2.16. The molecular weight excluding hydrogens is 366 g/mol. The smallest absolute Gasteiger partial charge is 0.408 e. The largest absolute Gasteiger partial charge is 0.482 e. The third-order valence-electron chi connectivity index (χ3n) is 3.19. The van der Waals surface area contributed by atoms with Crippen LogP contribution in [0, 0.1) is 0 Å². The van der Waals surface area contributed by atoms with Gasteiger partial charge in [-0.3, -0.25) is 4.79 Å². The maximum Gasteiger partial charge on any atom is 0.408 e. The molecule has 0 radical (unpaired) electrons. The van der Waals surface area contributed by atoms with Gasteiger partial charge in [-0.05, 0) is 65.8 Å². The highest BCUT2D eigenvalue weighted by Gasteiger charge is 2.27. The van der Waals surface area contributed by atoms with Crippen molar-refractivity contribution in [2.75, 3.05) is 13.2 Å². The first-order chi connectivity index (χ1) is 12.8. The Morgan fingerprint density at radius 3 is 2.04 bits per heavy atom. The predicted molar refractivity (Wildman–Crippen MR) is 103 cm³/mol. The van der Waals surface area contributed by atoms with Crippen molar-refractivity contribution >= 4 is 17.8 Å². The molecule has 0 heterocycles. The molecule has 8 heteroatoms. The molecule has 1 atom stereocenters. The second-order valence-electron chi connectivity index (χ2n) is 8.19. The van der Waals surface area contributed by atoms with Gasteiger partial charge in [-0.15, -0.1) is 0 Å². The molecule has 0 aliphatic rings. The van der Waals surface area contributed by atoms with Gasteiger partial charge >= 0.3 is 12.1 Å². The maximum atomic E-state index is 12.9. The van der Waals surface area contributed by atoms with Crippen LogP contribution in [0.1, 0.15) is 51.9 Å². The number of carbonyl (C=O) groups excluding carboxylic acids is 2. The summed E-state index contributed by atoms with van der Waals surface area (Å²) >= 11 is 0. The summed E-state index contributed by atoms with van der Waals surface area (Å²) in [5.41, 5.74) is -0.879. The molecule has 1 aromatic carbocycles. The average Bonchev–Trinajstić information content (AvgIpc) is 2.54. The highest BCUT2D eigenvalue weighted by atomic mass is 16.6. The van der Waals surface area contributed by atoms with Gasteiger partial charge in [0.1, 0.15) is 17.4 Å². The Kier molecular flexibility index (Phi) is 7.99. The number of rotatable bonds is 8. The SMILES string of the molecule is CC(C)(C)OCC(NC(=O)OC(C)(C)C)C(=O)c1ccc(OCC(=O)O)cc1. The van der Waals surface area contributed by atoms with Crippen LogP contribution in [0.5, 0.6) is 5.75 Å². The van der Waals surface area contributed by atoms with Gasteiger partial charge in [0, 0.05) is 5.56 Å². The number of carboxylic acids is 1. The van der Waals surface area contributed by atoms with Gasteiger partial charge in [0.25, 0.3) is 0 Å². The van der Waals surface area contributed by atoms with E-state index in [1.165, 1.54) is 24.3 Å². The molecule has 8 nitrogen and oxygen atoms in total. The van der Waals surface area contributed by atoms with Crippen LogP contribution in [0.2, 0.25) is 0 Å². The van der Waals surface area contributed by atoms with E-state index < -0.39 is 35.9 Å². The molecule has 1 unspecified atom stereocenters. The fourth-order valence-corrected chi connectivity index (χ4v) is 2.03. The van der Waals surface area contributed by atoms with E-state index in [1.54, 1.807) is 20.8 Å². The first kappa shape index (κ1) is 23.4. The quantitative estimate of drug-likeness (QED) is 0.651. The number of amides is 1. The average molecular weight is 395 g/mol. The summed E-state index contributed by atoms with van der Waals surface area (Å²) in [6.07, 6.45) is -0.718. The first-order valence-corrected chi connectivity index (χ1v) is 8.89. The Bertz CT molecular complexity index is 684. The molecule has 0 spiro atoms. The van der Waals surface area contributed by atoms with Crippen molar-refractivity contribution in [3.63, 3.8) is 0 Å². The molecule has 1 amide bonds. The van der Waals surface area contributed by atoms with E-state index in [9.17, 15) is 14.4 Å². The Labute approximate surface area is 165 Å². The lowest BCUT2D eigenvalue weighted by molar-refractivity contribution is -0.139. The number of ether oxygens (including phenoxy) is 3. The molecule has 0 aromatic heterocycles. The number of ketones is 1. The summed E-state index contributed by atoms with van der Waals surface area (Å²) in [4.78, 5) is 35.5. The topological polar surface area (TPSA) is 111 Å². The Morgan fingerprint density at radius 1 is 1.00 bits per heavy atom. The molecule has 28 heavy (non-hydrogen) atoms. The number of aliphatic carboxylic acids is 1. The molecule has 0 saturated heterocycles. The predicted octanol–water partition coefficient (Wildman–Crippen LogP) is 3.04. The van der Waals surface area contributed by atoms with Crippen LogP contribution in [0.3, 0.4) is 0 Å². The molecule has 1 rings (SSSR count).